The molecule has 0 bridgehead atoms. The van der Waals surface area contributed by atoms with Crippen LogP contribution in [0.15, 0.2) is 0 Å². The van der Waals surface area contributed by atoms with E-state index in [2.05, 4.69) is 17.1 Å². The zero-order chi connectivity index (χ0) is 12.1. The molecule has 0 spiro atoms. The zero-order valence-corrected chi connectivity index (χ0v) is 10.7. The van der Waals surface area contributed by atoms with Crippen molar-refractivity contribution in [2.75, 3.05) is 20.6 Å². The maximum atomic E-state index is 11.9. The van der Waals surface area contributed by atoms with E-state index in [-0.39, 0.29) is 17.9 Å². The second-order valence-electron chi connectivity index (χ2n) is 5.11. The highest BCUT2D eigenvalue weighted by Crippen LogP contribution is 2.22. The summed E-state index contributed by atoms with van der Waals surface area (Å²) in [6.45, 7) is 2.80. The van der Waals surface area contributed by atoms with Gasteiger partial charge >= 0.3 is 0 Å². The van der Waals surface area contributed by atoms with Crippen LogP contribution < -0.4 is 11.1 Å². The maximum absolute atomic E-state index is 11.9. The van der Waals surface area contributed by atoms with E-state index >= 15 is 0 Å². The number of carbonyl (C=O) groups is 1. The highest BCUT2D eigenvalue weighted by atomic mass is 16.1. The van der Waals surface area contributed by atoms with Crippen LogP contribution in [0.2, 0.25) is 0 Å². The number of nitrogens with two attached hydrogens (primary N) is 1. The first-order valence-electron chi connectivity index (χ1n) is 6.22. The Morgan fingerprint density at radius 2 is 2.06 bits per heavy atom. The summed E-state index contributed by atoms with van der Waals surface area (Å²) in [5.74, 6) is 0.170. The van der Waals surface area contributed by atoms with E-state index in [4.69, 9.17) is 5.73 Å². The van der Waals surface area contributed by atoms with Crippen LogP contribution in [0.4, 0.5) is 0 Å². The number of nitrogens with one attached hydrogen (secondary N) is 1. The molecule has 3 unspecified atom stereocenters. The molecule has 1 rings (SSSR count). The Kier molecular flexibility index (Phi) is 5.22. The first-order chi connectivity index (χ1) is 7.52. The predicted molar refractivity (Wildman–Crippen MR) is 66.1 cm³/mol. The highest BCUT2D eigenvalue weighted by Gasteiger charge is 2.28. The van der Waals surface area contributed by atoms with Crippen LogP contribution in [0.1, 0.15) is 32.6 Å². The molecule has 1 aliphatic carbocycles. The zero-order valence-electron chi connectivity index (χ0n) is 10.7. The number of hydrogen-bond acceptors (Lipinski definition) is 3. The van der Waals surface area contributed by atoms with Crippen LogP contribution in [-0.2, 0) is 4.79 Å². The Balaban J connectivity index is 2.33. The van der Waals surface area contributed by atoms with Gasteiger partial charge in [-0.25, -0.2) is 0 Å². The van der Waals surface area contributed by atoms with Gasteiger partial charge in [0.2, 0.25) is 5.91 Å². The molecule has 0 aromatic carbocycles. The summed E-state index contributed by atoms with van der Waals surface area (Å²) < 4.78 is 0. The third-order valence-electron chi connectivity index (χ3n) is 3.61. The van der Waals surface area contributed by atoms with Gasteiger partial charge in [-0.15, -0.1) is 0 Å². The molecule has 1 saturated carbocycles. The second-order valence-corrected chi connectivity index (χ2v) is 5.11. The second kappa shape index (κ2) is 6.21. The van der Waals surface area contributed by atoms with Gasteiger partial charge in [-0.05, 0) is 33.9 Å². The lowest BCUT2D eigenvalue weighted by Crippen LogP contribution is -2.46. The van der Waals surface area contributed by atoms with Crippen molar-refractivity contribution in [3.8, 4) is 0 Å². The summed E-state index contributed by atoms with van der Waals surface area (Å²) in [5, 5.41) is 3.00. The molecule has 4 heteroatoms. The summed E-state index contributed by atoms with van der Waals surface area (Å²) in [6.07, 6.45) is 4.23. The molecule has 16 heavy (non-hydrogen) atoms. The van der Waals surface area contributed by atoms with Crippen molar-refractivity contribution in [3.63, 3.8) is 0 Å². The summed E-state index contributed by atoms with van der Waals surface area (Å²) in [4.78, 5) is 14.0. The molecule has 0 radical (unpaired) electrons. The van der Waals surface area contributed by atoms with Crippen molar-refractivity contribution in [2.45, 2.75) is 44.7 Å². The first-order valence-corrected chi connectivity index (χ1v) is 6.22. The third-order valence-corrected chi connectivity index (χ3v) is 3.61. The Morgan fingerprint density at radius 3 is 2.62 bits per heavy atom. The monoisotopic (exact) mass is 227 g/mol. The Bertz CT molecular complexity index is 230. The van der Waals surface area contributed by atoms with Gasteiger partial charge in [-0.3, -0.25) is 4.79 Å². The molecular weight excluding hydrogens is 202 g/mol. The molecule has 1 amide bonds. The lowest BCUT2D eigenvalue weighted by Gasteiger charge is -2.28. The van der Waals surface area contributed by atoms with Crippen molar-refractivity contribution in [3.05, 3.63) is 0 Å². The smallest absolute Gasteiger partial charge is 0.224 e. The molecule has 0 saturated heterocycles. The van der Waals surface area contributed by atoms with Crippen molar-refractivity contribution < 1.29 is 4.79 Å². The SMILES string of the molecule is CC(CNC(=O)C1CCCCC1N)N(C)C. The van der Waals surface area contributed by atoms with Crippen LogP contribution in [0.3, 0.4) is 0 Å². The number of likely N-dealkylation sites (N-methyl/N-ethyl adjacent to an activating group) is 1. The van der Waals surface area contributed by atoms with Gasteiger partial charge in [0.25, 0.3) is 0 Å². The molecule has 3 N–H and O–H groups in total. The van der Waals surface area contributed by atoms with Crippen molar-refractivity contribution >= 4 is 5.91 Å². The molecule has 0 aromatic heterocycles. The number of hydrogen-bond donors (Lipinski definition) is 2. The number of nitrogens with zero attached hydrogens (tertiary/aromatic N) is 1. The normalized spacial score (nSPS) is 27.8. The van der Waals surface area contributed by atoms with E-state index in [1.54, 1.807) is 0 Å². The van der Waals surface area contributed by atoms with Crippen molar-refractivity contribution in [1.29, 1.82) is 0 Å². The van der Waals surface area contributed by atoms with Gasteiger partial charge in [0, 0.05) is 18.6 Å². The lowest BCUT2D eigenvalue weighted by molar-refractivity contribution is -0.126. The molecular formula is C12H25N3O. The maximum Gasteiger partial charge on any atom is 0.224 e. The number of amides is 1. The van der Waals surface area contributed by atoms with E-state index in [0.29, 0.717) is 12.6 Å². The van der Waals surface area contributed by atoms with E-state index in [1.807, 2.05) is 14.1 Å². The van der Waals surface area contributed by atoms with Gasteiger partial charge in [0.15, 0.2) is 0 Å². The van der Waals surface area contributed by atoms with E-state index in [9.17, 15) is 4.79 Å². The van der Waals surface area contributed by atoms with Crippen LogP contribution in [-0.4, -0.2) is 43.5 Å². The van der Waals surface area contributed by atoms with E-state index in [1.165, 1.54) is 6.42 Å². The van der Waals surface area contributed by atoms with Gasteiger partial charge in [-0.1, -0.05) is 12.8 Å². The highest BCUT2D eigenvalue weighted by molar-refractivity contribution is 5.79. The molecule has 4 nitrogen and oxygen atoms in total. The number of rotatable bonds is 4. The topological polar surface area (TPSA) is 58.4 Å². The summed E-state index contributed by atoms with van der Waals surface area (Å²) in [5.41, 5.74) is 5.97. The predicted octanol–water partition coefficient (Wildman–Crippen LogP) is 0.570. The van der Waals surface area contributed by atoms with Gasteiger partial charge in [0.1, 0.15) is 0 Å². The van der Waals surface area contributed by atoms with Crippen LogP contribution in [0.25, 0.3) is 0 Å². The molecule has 94 valence electrons. The van der Waals surface area contributed by atoms with Crippen LogP contribution >= 0.6 is 0 Å². The van der Waals surface area contributed by atoms with E-state index < -0.39 is 0 Å². The fraction of sp³-hybridized carbons (Fsp3) is 0.917. The van der Waals surface area contributed by atoms with Crippen molar-refractivity contribution in [1.82, 2.24) is 10.2 Å². The molecule has 1 aliphatic rings. The Morgan fingerprint density at radius 1 is 1.44 bits per heavy atom. The average molecular weight is 227 g/mol. The van der Waals surface area contributed by atoms with Crippen LogP contribution in [0, 0.1) is 5.92 Å². The summed E-state index contributed by atoms with van der Waals surface area (Å²) in [6, 6.07) is 0.423. The minimum Gasteiger partial charge on any atom is -0.354 e. The van der Waals surface area contributed by atoms with Gasteiger partial charge < -0.3 is 16.0 Å². The quantitative estimate of drug-likeness (QED) is 0.738. The average Bonchev–Trinajstić information content (AvgIpc) is 2.25. The van der Waals surface area contributed by atoms with Crippen LogP contribution in [0.5, 0.6) is 0 Å². The fourth-order valence-corrected chi connectivity index (χ4v) is 2.05. The van der Waals surface area contributed by atoms with E-state index in [0.717, 1.165) is 19.3 Å². The van der Waals surface area contributed by atoms with Gasteiger partial charge in [0.05, 0.1) is 5.92 Å². The summed E-state index contributed by atoms with van der Waals surface area (Å²) >= 11 is 0. The Labute approximate surface area is 98.6 Å². The molecule has 1 fully saturated rings. The summed E-state index contributed by atoms with van der Waals surface area (Å²) in [7, 11) is 4.03. The number of carbonyl (C=O) groups excluding carboxylic acids is 1. The molecule has 0 heterocycles. The minimum atomic E-state index is 0.0307. The molecule has 0 aliphatic heterocycles. The first kappa shape index (κ1) is 13.5. The molecule has 3 atom stereocenters. The standard InChI is InChI=1S/C12H25N3O/c1-9(15(2)3)8-14-12(16)10-6-4-5-7-11(10)13/h9-11H,4-8,13H2,1-3H3,(H,14,16). The minimum absolute atomic E-state index is 0.0307. The fourth-order valence-electron chi connectivity index (χ4n) is 2.05. The largest absolute Gasteiger partial charge is 0.354 e. The third kappa shape index (κ3) is 3.76. The van der Waals surface area contributed by atoms with Crippen molar-refractivity contribution in [2.24, 2.45) is 11.7 Å². The lowest BCUT2D eigenvalue weighted by atomic mass is 9.84. The Hall–Kier alpha value is -0.610. The van der Waals surface area contributed by atoms with Gasteiger partial charge in [-0.2, -0.15) is 0 Å². The molecule has 0 aromatic rings.